The topological polar surface area (TPSA) is 0 Å². The molecular formula is C87H72Si. The van der Waals surface area contributed by atoms with Crippen molar-refractivity contribution in [2.45, 2.75) is 71.0 Å². The maximum absolute atomic E-state index is 2.54. The Morgan fingerprint density at radius 3 is 1.23 bits per heavy atom. The lowest BCUT2D eigenvalue weighted by Crippen LogP contribution is -2.39. The summed E-state index contributed by atoms with van der Waals surface area (Å²) in [6.07, 6.45) is 15.0. The highest BCUT2D eigenvalue weighted by Gasteiger charge is 2.26. The summed E-state index contributed by atoms with van der Waals surface area (Å²) in [5.41, 5.74) is 21.4. The van der Waals surface area contributed by atoms with Crippen molar-refractivity contribution >= 4 is 89.0 Å². The van der Waals surface area contributed by atoms with E-state index in [2.05, 4.69) is 305 Å². The van der Waals surface area contributed by atoms with Crippen LogP contribution in [0.25, 0.3) is 143 Å². The molecule has 14 aromatic carbocycles. The van der Waals surface area contributed by atoms with E-state index < -0.39 is 8.07 Å². The van der Waals surface area contributed by atoms with Crippen LogP contribution in [0.1, 0.15) is 62.5 Å². The van der Waals surface area contributed by atoms with E-state index in [1.54, 1.807) is 5.19 Å². The molecule has 0 atom stereocenters. The first-order valence-corrected chi connectivity index (χ1v) is 35.5. The van der Waals surface area contributed by atoms with E-state index in [-0.39, 0.29) is 0 Å². The maximum atomic E-state index is 2.54. The number of fused-ring (bicyclic) bond motifs is 6. The summed E-state index contributed by atoms with van der Waals surface area (Å²) in [7, 11) is -1.66. The van der Waals surface area contributed by atoms with Gasteiger partial charge in [-0.2, -0.15) is 0 Å². The van der Waals surface area contributed by atoms with Crippen LogP contribution >= 0.6 is 0 Å². The number of hydrogen-bond donors (Lipinski definition) is 0. The highest BCUT2D eigenvalue weighted by Crippen LogP contribution is 2.48. The van der Waals surface area contributed by atoms with E-state index in [9.17, 15) is 0 Å². The van der Waals surface area contributed by atoms with Gasteiger partial charge < -0.3 is 0 Å². The Hall–Kier alpha value is -9.66. The highest BCUT2D eigenvalue weighted by molar-refractivity contribution is 6.89. The van der Waals surface area contributed by atoms with Crippen LogP contribution in [0.3, 0.4) is 0 Å². The first-order valence-electron chi connectivity index (χ1n) is 32.0. The highest BCUT2D eigenvalue weighted by atomic mass is 28.3. The van der Waals surface area contributed by atoms with Gasteiger partial charge in [-0.1, -0.05) is 310 Å². The molecule has 0 N–H and O–H groups in total. The van der Waals surface area contributed by atoms with Crippen molar-refractivity contribution in [3.8, 4) is 66.8 Å². The third-order valence-electron chi connectivity index (χ3n) is 19.0. The van der Waals surface area contributed by atoms with Gasteiger partial charge in [0.25, 0.3) is 0 Å². The zero-order valence-corrected chi connectivity index (χ0v) is 51.8. The monoisotopic (exact) mass is 1140 g/mol. The van der Waals surface area contributed by atoms with E-state index in [1.807, 2.05) is 0 Å². The third kappa shape index (κ3) is 10.3. The van der Waals surface area contributed by atoms with E-state index in [0.717, 1.165) is 0 Å². The van der Waals surface area contributed by atoms with Crippen LogP contribution in [0.15, 0.2) is 285 Å². The van der Waals surface area contributed by atoms with Crippen molar-refractivity contribution in [2.24, 2.45) is 0 Å². The molecule has 0 amide bonds. The lowest BCUT2D eigenvalue weighted by Gasteiger charge is -2.25. The molecule has 0 saturated carbocycles. The van der Waals surface area contributed by atoms with Crippen molar-refractivity contribution in [1.29, 1.82) is 0 Å². The fraction of sp³-hybridized carbons (Fsp3) is 0.126. The van der Waals surface area contributed by atoms with Gasteiger partial charge in [0, 0.05) is 0 Å². The fourth-order valence-electron chi connectivity index (χ4n) is 14.7. The number of hydrogen-bond acceptors (Lipinski definition) is 0. The van der Waals surface area contributed by atoms with Gasteiger partial charge in [-0.15, -0.1) is 0 Å². The zero-order valence-electron chi connectivity index (χ0n) is 50.8. The summed E-state index contributed by atoms with van der Waals surface area (Å²) in [6, 6.07) is 102. The average Bonchev–Trinajstić information content (AvgIpc) is 1.11. The van der Waals surface area contributed by atoms with Gasteiger partial charge in [0.2, 0.25) is 0 Å². The minimum Gasteiger partial charge on any atom is -0.0807 e. The Morgan fingerprint density at radius 2 is 0.636 bits per heavy atom. The second kappa shape index (κ2) is 23.5. The van der Waals surface area contributed by atoms with Gasteiger partial charge in [0.1, 0.15) is 0 Å². The molecule has 0 nitrogen and oxygen atoms in total. The molecule has 0 aliphatic heterocycles. The predicted molar refractivity (Wildman–Crippen MR) is 386 cm³/mol. The summed E-state index contributed by atoms with van der Waals surface area (Å²) in [6.45, 7) is 7.48. The number of allylic oxidation sites excluding steroid dienone is 4. The van der Waals surface area contributed by atoms with Crippen LogP contribution in [0.2, 0.25) is 19.6 Å². The lowest BCUT2D eigenvalue weighted by molar-refractivity contribution is 0.720. The number of benzene rings is 14. The van der Waals surface area contributed by atoms with E-state index >= 15 is 0 Å². The van der Waals surface area contributed by atoms with Crippen LogP contribution in [-0.2, 0) is 0 Å². The Labute approximate surface area is 519 Å². The van der Waals surface area contributed by atoms with Crippen LogP contribution in [0.5, 0.6) is 0 Å². The van der Waals surface area contributed by atoms with Gasteiger partial charge in [0.05, 0.1) is 8.07 Å². The lowest BCUT2D eigenvalue weighted by atomic mass is 9.83. The Balaban J connectivity index is 0.000000149. The summed E-state index contributed by atoms with van der Waals surface area (Å²) < 4.78 is 0. The van der Waals surface area contributed by atoms with Crippen molar-refractivity contribution in [3.05, 3.63) is 296 Å². The predicted octanol–water partition coefficient (Wildman–Crippen LogP) is 24.8. The van der Waals surface area contributed by atoms with Gasteiger partial charge in [-0.05, 0) is 205 Å². The summed E-state index contributed by atoms with van der Waals surface area (Å²) >= 11 is 0. The van der Waals surface area contributed by atoms with Crippen molar-refractivity contribution in [3.63, 3.8) is 0 Å². The SMILES string of the molecule is C1=C(c2ccc(-c3ccc(-c4c5ccccc5c(-c5ccc6ccccc6c5)c5ccccc45)c4ccccc34)cc2)CCCCC1.C[Si](C)(C)c1cc(C2=CCCC2)ccc1-c1c2ccccc2c(-c2ccc(-c3ccccc3)cc2)c2ccccc12. The largest absolute Gasteiger partial charge is 0.0807 e. The molecular weight excluding hydrogens is 1070 g/mol. The molecule has 0 spiro atoms. The molecule has 0 bridgehead atoms. The second-order valence-electron chi connectivity index (χ2n) is 25.4. The Bertz CT molecular complexity index is 4920. The molecule has 0 radical (unpaired) electrons. The van der Waals surface area contributed by atoms with Crippen LogP contribution < -0.4 is 5.19 Å². The molecule has 1 heteroatoms. The molecule has 0 saturated heterocycles. The smallest absolute Gasteiger partial charge is 0.0784 e. The molecule has 0 aromatic heterocycles. The molecule has 424 valence electrons. The molecule has 14 aromatic rings. The van der Waals surface area contributed by atoms with Crippen molar-refractivity contribution in [1.82, 2.24) is 0 Å². The summed E-state index contributed by atoms with van der Waals surface area (Å²) in [5, 5.41) is 17.1. The first-order chi connectivity index (χ1) is 43.3. The normalized spacial score (nSPS) is 13.6. The average molecular weight is 1150 g/mol. The third-order valence-corrected chi connectivity index (χ3v) is 21.0. The summed E-state index contributed by atoms with van der Waals surface area (Å²) in [4.78, 5) is 0. The quantitative estimate of drug-likeness (QED) is 0.0998. The Morgan fingerprint density at radius 1 is 0.239 bits per heavy atom. The Kier molecular flexibility index (Phi) is 14.7. The molecule has 0 fully saturated rings. The first kappa shape index (κ1) is 55.0. The van der Waals surface area contributed by atoms with Gasteiger partial charge in [-0.25, -0.2) is 0 Å². The van der Waals surface area contributed by atoms with E-state index in [1.165, 1.54) is 205 Å². The van der Waals surface area contributed by atoms with Crippen molar-refractivity contribution in [2.75, 3.05) is 0 Å². The minimum atomic E-state index is -1.66. The fourth-order valence-corrected chi connectivity index (χ4v) is 16.3. The van der Waals surface area contributed by atoms with E-state index in [0.29, 0.717) is 0 Å². The van der Waals surface area contributed by atoms with Gasteiger partial charge >= 0.3 is 0 Å². The van der Waals surface area contributed by atoms with Crippen LogP contribution in [-0.4, -0.2) is 8.07 Å². The van der Waals surface area contributed by atoms with Crippen LogP contribution in [0.4, 0.5) is 0 Å². The summed E-state index contributed by atoms with van der Waals surface area (Å²) in [5.74, 6) is 0. The number of rotatable bonds is 9. The van der Waals surface area contributed by atoms with Gasteiger partial charge in [-0.3, -0.25) is 0 Å². The standard InChI is InChI=1S/C47H36.C40H36Si/c1-2-4-14-32(13-3-1)34-23-26-35(27-24-34)38-29-30-45(40-18-8-7-17-39(38)40)47-43-21-11-9-19-41(43)46(42-20-10-12-22-44(42)47)37-28-25-33-15-5-6-16-36(33)31-37;1-41(2,3)38-27-32(29-15-7-8-16-29)25-26-37(38)40-35-19-11-9-17-33(35)39(34-18-10-12-20-36(34)40)31-23-21-30(22-24-31)28-13-5-4-6-14-28/h5-13,15-31H,1-4,14H2;4-6,9-15,17-27H,7-8,16H2,1-3H3. The molecule has 2 aliphatic carbocycles. The molecule has 2 aliphatic rings. The molecule has 0 unspecified atom stereocenters. The van der Waals surface area contributed by atoms with E-state index in [4.69, 9.17) is 0 Å². The maximum Gasteiger partial charge on any atom is 0.0784 e. The van der Waals surface area contributed by atoms with Crippen LogP contribution in [0, 0.1) is 0 Å². The van der Waals surface area contributed by atoms with Crippen molar-refractivity contribution < 1.29 is 0 Å². The molecule has 0 heterocycles. The second-order valence-corrected chi connectivity index (χ2v) is 30.5. The minimum absolute atomic E-state index is 1.19. The van der Waals surface area contributed by atoms with Gasteiger partial charge in [0.15, 0.2) is 0 Å². The zero-order chi connectivity index (χ0) is 59.1. The molecule has 88 heavy (non-hydrogen) atoms. The molecule has 16 rings (SSSR count).